The van der Waals surface area contributed by atoms with Crippen molar-refractivity contribution in [1.29, 1.82) is 0 Å². The molecule has 0 spiro atoms. The van der Waals surface area contributed by atoms with E-state index in [1.54, 1.807) is 13.0 Å². The van der Waals surface area contributed by atoms with Gasteiger partial charge in [0.15, 0.2) is 17.3 Å². The van der Waals surface area contributed by atoms with E-state index >= 15 is 0 Å². The number of hydrogen-bond donors (Lipinski definition) is 2. The highest BCUT2D eigenvalue weighted by Gasteiger charge is 2.12. The van der Waals surface area contributed by atoms with Gasteiger partial charge in [0.1, 0.15) is 5.75 Å². The standard InChI is InChI=1S/C16H18FNO3/c1-2-20-15-10-16(13(18)9-12(15)17)21-14-6-4-3-5-11(14)7-8-19/h3-6,9-10,19H,2,7-8,18H2,1H3. The number of nitrogens with two attached hydrogens (primary N) is 1. The molecule has 112 valence electrons. The van der Waals surface area contributed by atoms with Gasteiger partial charge in [-0.25, -0.2) is 4.39 Å². The molecule has 0 unspecified atom stereocenters. The molecule has 0 bridgehead atoms. The smallest absolute Gasteiger partial charge is 0.167 e. The first-order valence-corrected chi connectivity index (χ1v) is 6.74. The third kappa shape index (κ3) is 3.64. The number of para-hydroxylation sites is 1. The summed E-state index contributed by atoms with van der Waals surface area (Å²) in [5.74, 6) is 0.476. The Bertz CT molecular complexity index is 616. The first-order chi connectivity index (χ1) is 10.2. The van der Waals surface area contributed by atoms with Crippen LogP contribution >= 0.6 is 0 Å². The van der Waals surface area contributed by atoms with E-state index in [0.717, 1.165) is 5.56 Å². The van der Waals surface area contributed by atoms with Crippen molar-refractivity contribution in [2.75, 3.05) is 18.9 Å². The molecule has 21 heavy (non-hydrogen) atoms. The lowest BCUT2D eigenvalue weighted by atomic mass is 10.1. The summed E-state index contributed by atoms with van der Waals surface area (Å²) >= 11 is 0. The Labute approximate surface area is 122 Å². The summed E-state index contributed by atoms with van der Waals surface area (Å²) in [6.07, 6.45) is 0.468. The number of hydrogen-bond acceptors (Lipinski definition) is 4. The lowest BCUT2D eigenvalue weighted by Gasteiger charge is -2.14. The quantitative estimate of drug-likeness (QED) is 0.803. The molecule has 4 nitrogen and oxygen atoms in total. The highest BCUT2D eigenvalue weighted by molar-refractivity contribution is 5.58. The molecule has 3 N–H and O–H groups in total. The zero-order chi connectivity index (χ0) is 15.2. The van der Waals surface area contributed by atoms with Gasteiger partial charge in [0.2, 0.25) is 0 Å². The van der Waals surface area contributed by atoms with E-state index in [0.29, 0.717) is 24.5 Å². The van der Waals surface area contributed by atoms with Crippen LogP contribution < -0.4 is 15.2 Å². The summed E-state index contributed by atoms with van der Waals surface area (Å²) in [4.78, 5) is 0. The van der Waals surface area contributed by atoms with Gasteiger partial charge in [-0.15, -0.1) is 0 Å². The summed E-state index contributed by atoms with van der Waals surface area (Å²) < 4.78 is 24.6. The van der Waals surface area contributed by atoms with Gasteiger partial charge < -0.3 is 20.3 Å². The topological polar surface area (TPSA) is 64.7 Å². The average molecular weight is 291 g/mol. The fraction of sp³-hybridized carbons (Fsp3) is 0.250. The lowest BCUT2D eigenvalue weighted by molar-refractivity contribution is 0.297. The van der Waals surface area contributed by atoms with Gasteiger partial charge in [0.25, 0.3) is 0 Å². The zero-order valence-electron chi connectivity index (χ0n) is 11.8. The second kappa shape index (κ2) is 6.95. The van der Waals surface area contributed by atoms with Crippen molar-refractivity contribution in [1.82, 2.24) is 0 Å². The number of benzene rings is 2. The molecule has 0 amide bonds. The van der Waals surface area contributed by atoms with Crippen molar-refractivity contribution in [3.63, 3.8) is 0 Å². The van der Waals surface area contributed by atoms with Crippen LogP contribution in [-0.2, 0) is 6.42 Å². The van der Waals surface area contributed by atoms with Crippen LogP contribution in [0, 0.1) is 5.82 Å². The van der Waals surface area contributed by atoms with Crippen LogP contribution in [0.2, 0.25) is 0 Å². The number of rotatable bonds is 6. The maximum Gasteiger partial charge on any atom is 0.167 e. The minimum absolute atomic E-state index is 0.0173. The minimum Gasteiger partial charge on any atom is -0.491 e. The van der Waals surface area contributed by atoms with Crippen molar-refractivity contribution in [2.45, 2.75) is 13.3 Å². The molecule has 2 rings (SSSR count). The van der Waals surface area contributed by atoms with Crippen molar-refractivity contribution >= 4 is 5.69 Å². The average Bonchev–Trinajstić information content (AvgIpc) is 2.46. The normalized spacial score (nSPS) is 10.4. The largest absolute Gasteiger partial charge is 0.491 e. The molecule has 0 aliphatic heterocycles. The number of aliphatic hydroxyl groups is 1. The SMILES string of the molecule is CCOc1cc(Oc2ccccc2CCO)c(N)cc1F. The third-order valence-corrected chi connectivity index (χ3v) is 2.94. The molecule has 0 fully saturated rings. The molecular weight excluding hydrogens is 273 g/mol. The Balaban J connectivity index is 2.33. The monoisotopic (exact) mass is 291 g/mol. The van der Waals surface area contributed by atoms with Crippen molar-refractivity contribution in [3.8, 4) is 17.2 Å². The van der Waals surface area contributed by atoms with Gasteiger partial charge in [0.05, 0.1) is 12.3 Å². The fourth-order valence-electron chi connectivity index (χ4n) is 1.95. The van der Waals surface area contributed by atoms with Gasteiger partial charge in [-0.1, -0.05) is 18.2 Å². The molecule has 0 saturated carbocycles. The minimum atomic E-state index is -0.523. The Morgan fingerprint density at radius 2 is 1.90 bits per heavy atom. The Morgan fingerprint density at radius 3 is 2.62 bits per heavy atom. The maximum absolute atomic E-state index is 13.7. The molecule has 5 heteroatoms. The number of nitrogen functional groups attached to an aromatic ring is 1. The highest BCUT2D eigenvalue weighted by atomic mass is 19.1. The Hall–Kier alpha value is -2.27. The molecule has 0 radical (unpaired) electrons. The van der Waals surface area contributed by atoms with Crippen LogP contribution in [-0.4, -0.2) is 18.3 Å². The van der Waals surface area contributed by atoms with E-state index < -0.39 is 5.82 Å². The summed E-state index contributed by atoms with van der Waals surface area (Å²) in [6, 6.07) is 9.92. The van der Waals surface area contributed by atoms with Crippen molar-refractivity contribution < 1.29 is 19.0 Å². The maximum atomic E-state index is 13.7. The van der Waals surface area contributed by atoms with Gasteiger partial charge in [-0.3, -0.25) is 0 Å². The highest BCUT2D eigenvalue weighted by Crippen LogP contribution is 2.34. The van der Waals surface area contributed by atoms with Gasteiger partial charge in [-0.2, -0.15) is 0 Å². The van der Waals surface area contributed by atoms with Crippen LogP contribution in [0.5, 0.6) is 17.2 Å². The summed E-state index contributed by atoms with van der Waals surface area (Å²) in [7, 11) is 0. The molecule has 0 aliphatic rings. The van der Waals surface area contributed by atoms with Crippen molar-refractivity contribution in [3.05, 3.63) is 47.8 Å². The summed E-state index contributed by atoms with van der Waals surface area (Å²) in [5, 5.41) is 9.07. The van der Waals surface area contributed by atoms with E-state index in [-0.39, 0.29) is 18.0 Å². The predicted octanol–water partition coefficient (Wildman–Crippen LogP) is 3.13. The van der Waals surface area contributed by atoms with Crippen LogP contribution in [0.3, 0.4) is 0 Å². The summed E-state index contributed by atoms with van der Waals surface area (Å²) in [5.41, 5.74) is 6.83. The Kier molecular flexibility index (Phi) is 5.00. The third-order valence-electron chi connectivity index (χ3n) is 2.94. The summed E-state index contributed by atoms with van der Waals surface area (Å²) in [6.45, 7) is 2.14. The van der Waals surface area contributed by atoms with Crippen LogP contribution in [0.4, 0.5) is 10.1 Å². The van der Waals surface area contributed by atoms with Gasteiger partial charge in [0, 0.05) is 18.7 Å². The molecule has 2 aromatic carbocycles. The first kappa shape index (κ1) is 15.1. The number of anilines is 1. The second-order valence-electron chi connectivity index (χ2n) is 4.44. The fourth-order valence-corrected chi connectivity index (χ4v) is 1.95. The molecule has 0 aromatic heterocycles. The van der Waals surface area contributed by atoms with E-state index in [1.165, 1.54) is 12.1 Å². The Morgan fingerprint density at radius 1 is 1.14 bits per heavy atom. The van der Waals surface area contributed by atoms with E-state index in [4.69, 9.17) is 20.3 Å². The second-order valence-corrected chi connectivity index (χ2v) is 4.44. The molecule has 0 heterocycles. The molecule has 0 aliphatic carbocycles. The molecule has 0 atom stereocenters. The van der Waals surface area contributed by atoms with E-state index in [1.807, 2.05) is 18.2 Å². The molecule has 0 saturated heterocycles. The number of ether oxygens (including phenoxy) is 2. The molecule has 2 aromatic rings. The zero-order valence-corrected chi connectivity index (χ0v) is 11.8. The lowest BCUT2D eigenvalue weighted by Crippen LogP contribution is -2.00. The number of aliphatic hydroxyl groups excluding tert-OH is 1. The van der Waals surface area contributed by atoms with E-state index in [9.17, 15) is 4.39 Å². The van der Waals surface area contributed by atoms with Gasteiger partial charge >= 0.3 is 0 Å². The van der Waals surface area contributed by atoms with Crippen molar-refractivity contribution in [2.24, 2.45) is 0 Å². The van der Waals surface area contributed by atoms with Crippen LogP contribution in [0.25, 0.3) is 0 Å². The van der Waals surface area contributed by atoms with Gasteiger partial charge in [-0.05, 0) is 25.0 Å². The van der Waals surface area contributed by atoms with E-state index in [2.05, 4.69) is 0 Å². The predicted molar refractivity (Wildman–Crippen MR) is 79.3 cm³/mol. The van der Waals surface area contributed by atoms with Crippen LogP contribution in [0.15, 0.2) is 36.4 Å². The first-order valence-electron chi connectivity index (χ1n) is 6.74. The van der Waals surface area contributed by atoms with Crippen LogP contribution in [0.1, 0.15) is 12.5 Å². The number of halogens is 1. The molecular formula is C16H18FNO3.